The highest BCUT2D eigenvalue weighted by Crippen LogP contribution is 2.23. The summed E-state index contributed by atoms with van der Waals surface area (Å²) in [5, 5.41) is 9.36. The molecule has 3 nitrogen and oxygen atoms in total. The molecule has 58 valence electrons. The summed E-state index contributed by atoms with van der Waals surface area (Å²) in [6.07, 6.45) is 0.775. The zero-order valence-electron chi connectivity index (χ0n) is 6.26. The van der Waals surface area contributed by atoms with Crippen molar-refractivity contribution in [2.75, 3.05) is 0 Å². The molecule has 0 unspecified atom stereocenters. The van der Waals surface area contributed by atoms with Crippen LogP contribution in [0.3, 0.4) is 0 Å². The average Bonchev–Trinajstić information content (AvgIpc) is 2.11. The summed E-state index contributed by atoms with van der Waals surface area (Å²) in [5.41, 5.74) is -0.883. The van der Waals surface area contributed by atoms with Crippen molar-refractivity contribution >= 4 is 5.97 Å². The largest absolute Gasteiger partial charge is 0.459 e. The fourth-order valence-corrected chi connectivity index (χ4v) is 1.02. The van der Waals surface area contributed by atoms with Crippen LogP contribution in [0.2, 0.25) is 0 Å². The molecule has 0 aromatic carbocycles. The quantitative estimate of drug-likeness (QED) is 0.544. The minimum Gasteiger partial charge on any atom is -0.459 e. The van der Waals surface area contributed by atoms with Gasteiger partial charge >= 0.3 is 5.97 Å². The van der Waals surface area contributed by atoms with Gasteiger partial charge in [0.05, 0.1) is 5.60 Å². The molecule has 0 aromatic rings. The second-order valence-electron chi connectivity index (χ2n) is 3.17. The molecular weight excluding hydrogens is 132 g/mol. The van der Waals surface area contributed by atoms with E-state index < -0.39 is 5.60 Å². The Morgan fingerprint density at radius 3 is 2.50 bits per heavy atom. The zero-order valence-corrected chi connectivity index (χ0v) is 6.26. The monoisotopic (exact) mass is 144 g/mol. The summed E-state index contributed by atoms with van der Waals surface area (Å²) in [6.45, 7) is 3.30. The molecule has 1 atom stereocenters. The number of hydrogen-bond acceptors (Lipinski definition) is 3. The van der Waals surface area contributed by atoms with Crippen LogP contribution in [0.4, 0.5) is 0 Å². The standard InChI is InChI=1S/C7H12O3/c1-7(2,9)5-3-4-6(8)10-5/h5,9H,3-4H2,1-2H3/t5-/m0/s1. The van der Waals surface area contributed by atoms with Gasteiger partial charge in [-0.15, -0.1) is 0 Å². The van der Waals surface area contributed by atoms with Crippen LogP contribution in [0.25, 0.3) is 0 Å². The molecule has 1 heterocycles. The molecule has 1 fully saturated rings. The first-order valence-electron chi connectivity index (χ1n) is 3.42. The second-order valence-corrected chi connectivity index (χ2v) is 3.17. The molecule has 0 saturated carbocycles. The van der Waals surface area contributed by atoms with Crippen molar-refractivity contribution in [1.82, 2.24) is 0 Å². The maximum Gasteiger partial charge on any atom is 0.306 e. The summed E-state index contributed by atoms with van der Waals surface area (Å²) >= 11 is 0. The van der Waals surface area contributed by atoms with Gasteiger partial charge in [-0.3, -0.25) is 4.79 Å². The lowest BCUT2D eigenvalue weighted by molar-refractivity contribution is -0.150. The van der Waals surface area contributed by atoms with Crippen molar-refractivity contribution in [3.8, 4) is 0 Å². The average molecular weight is 144 g/mol. The van der Waals surface area contributed by atoms with Gasteiger partial charge in [0.2, 0.25) is 0 Å². The van der Waals surface area contributed by atoms with Gasteiger partial charge in [-0.25, -0.2) is 0 Å². The topological polar surface area (TPSA) is 46.5 Å². The number of hydrogen-bond donors (Lipinski definition) is 1. The van der Waals surface area contributed by atoms with E-state index >= 15 is 0 Å². The first-order valence-corrected chi connectivity index (χ1v) is 3.42. The van der Waals surface area contributed by atoms with Gasteiger partial charge in [-0.1, -0.05) is 0 Å². The number of esters is 1. The van der Waals surface area contributed by atoms with E-state index in [0.29, 0.717) is 12.8 Å². The summed E-state index contributed by atoms with van der Waals surface area (Å²) in [6, 6.07) is 0. The number of cyclic esters (lactones) is 1. The Morgan fingerprint density at radius 2 is 2.30 bits per heavy atom. The molecule has 1 N–H and O–H groups in total. The summed E-state index contributed by atoms with van der Waals surface area (Å²) in [5.74, 6) is -0.202. The molecule has 0 spiro atoms. The van der Waals surface area contributed by atoms with Crippen LogP contribution in [0, 0.1) is 0 Å². The lowest BCUT2D eigenvalue weighted by atomic mass is 10.00. The van der Waals surface area contributed by atoms with E-state index in [1.54, 1.807) is 13.8 Å². The number of rotatable bonds is 1. The van der Waals surface area contributed by atoms with Crippen molar-refractivity contribution in [3.63, 3.8) is 0 Å². The smallest absolute Gasteiger partial charge is 0.306 e. The van der Waals surface area contributed by atoms with E-state index in [4.69, 9.17) is 4.74 Å². The van der Waals surface area contributed by atoms with Gasteiger partial charge in [0, 0.05) is 6.42 Å². The molecule has 0 aliphatic carbocycles. The van der Waals surface area contributed by atoms with E-state index in [1.807, 2.05) is 0 Å². The Hall–Kier alpha value is -0.570. The molecule has 1 saturated heterocycles. The third-order valence-electron chi connectivity index (χ3n) is 1.67. The predicted octanol–water partition coefficient (Wildman–Crippen LogP) is 0.463. The van der Waals surface area contributed by atoms with Gasteiger partial charge in [0.15, 0.2) is 0 Å². The van der Waals surface area contributed by atoms with Crippen molar-refractivity contribution in [1.29, 1.82) is 0 Å². The van der Waals surface area contributed by atoms with Crippen molar-refractivity contribution < 1.29 is 14.6 Å². The Kier molecular flexibility index (Phi) is 1.68. The van der Waals surface area contributed by atoms with E-state index in [9.17, 15) is 9.90 Å². The van der Waals surface area contributed by atoms with Gasteiger partial charge in [0.1, 0.15) is 6.10 Å². The van der Waals surface area contributed by atoms with Crippen molar-refractivity contribution in [2.45, 2.75) is 38.4 Å². The summed E-state index contributed by atoms with van der Waals surface area (Å²) in [4.78, 5) is 10.6. The van der Waals surface area contributed by atoms with Gasteiger partial charge in [-0.2, -0.15) is 0 Å². The first kappa shape index (κ1) is 7.54. The van der Waals surface area contributed by atoms with Crippen LogP contribution in [-0.4, -0.2) is 22.8 Å². The molecule has 1 aliphatic rings. The molecule has 10 heavy (non-hydrogen) atoms. The molecule has 0 bridgehead atoms. The molecule has 0 amide bonds. The van der Waals surface area contributed by atoms with Gasteiger partial charge < -0.3 is 9.84 Å². The Labute approximate surface area is 60.0 Å². The van der Waals surface area contributed by atoms with Crippen molar-refractivity contribution in [2.24, 2.45) is 0 Å². The first-order chi connectivity index (χ1) is 4.50. The van der Waals surface area contributed by atoms with E-state index in [1.165, 1.54) is 0 Å². The normalized spacial score (nSPS) is 26.7. The summed E-state index contributed by atoms with van der Waals surface area (Å²) < 4.78 is 4.84. The predicted molar refractivity (Wildman–Crippen MR) is 35.4 cm³/mol. The highest BCUT2D eigenvalue weighted by Gasteiger charge is 2.35. The number of carbonyl (C=O) groups excluding carboxylic acids is 1. The van der Waals surface area contributed by atoms with E-state index in [-0.39, 0.29) is 12.1 Å². The molecule has 0 radical (unpaired) electrons. The third kappa shape index (κ3) is 1.48. The maximum atomic E-state index is 10.6. The number of carbonyl (C=O) groups is 1. The van der Waals surface area contributed by atoms with Crippen molar-refractivity contribution in [3.05, 3.63) is 0 Å². The maximum absolute atomic E-state index is 10.6. The SMILES string of the molecule is CC(C)(O)[C@@H]1CCC(=O)O1. The lowest BCUT2D eigenvalue weighted by Gasteiger charge is -2.23. The molecule has 1 aliphatic heterocycles. The highest BCUT2D eigenvalue weighted by atomic mass is 16.6. The second kappa shape index (κ2) is 2.23. The zero-order chi connectivity index (χ0) is 7.78. The number of ether oxygens (including phenoxy) is 1. The fraction of sp³-hybridized carbons (Fsp3) is 0.857. The van der Waals surface area contributed by atoms with Crippen LogP contribution in [0.1, 0.15) is 26.7 Å². The van der Waals surface area contributed by atoms with E-state index in [2.05, 4.69) is 0 Å². The Bertz CT molecular complexity index is 145. The Balaban J connectivity index is 2.53. The summed E-state index contributed by atoms with van der Waals surface area (Å²) in [7, 11) is 0. The molecule has 0 aromatic heterocycles. The van der Waals surface area contributed by atoms with E-state index in [0.717, 1.165) is 0 Å². The molecular formula is C7H12O3. The minimum absolute atomic E-state index is 0.202. The lowest BCUT2D eigenvalue weighted by Crippen LogP contribution is -2.35. The Morgan fingerprint density at radius 1 is 1.70 bits per heavy atom. The highest BCUT2D eigenvalue weighted by molar-refractivity contribution is 5.71. The van der Waals surface area contributed by atoms with Crippen LogP contribution in [0.5, 0.6) is 0 Å². The molecule has 3 heteroatoms. The minimum atomic E-state index is -0.883. The van der Waals surface area contributed by atoms with Gasteiger partial charge in [0.25, 0.3) is 0 Å². The van der Waals surface area contributed by atoms with Crippen LogP contribution in [0.15, 0.2) is 0 Å². The molecule has 1 rings (SSSR count). The third-order valence-corrected chi connectivity index (χ3v) is 1.67. The van der Waals surface area contributed by atoms with Crippen LogP contribution < -0.4 is 0 Å². The van der Waals surface area contributed by atoms with Crippen LogP contribution >= 0.6 is 0 Å². The number of aliphatic hydroxyl groups is 1. The van der Waals surface area contributed by atoms with Gasteiger partial charge in [-0.05, 0) is 20.3 Å². The van der Waals surface area contributed by atoms with Crippen LogP contribution in [-0.2, 0) is 9.53 Å². The fourth-order valence-electron chi connectivity index (χ4n) is 1.02.